The molecule has 0 spiro atoms. The zero-order valence-electron chi connectivity index (χ0n) is 15.1. The average molecular weight is 474 g/mol. The van der Waals surface area contributed by atoms with Crippen molar-refractivity contribution in [1.29, 1.82) is 5.26 Å². The summed E-state index contributed by atoms with van der Waals surface area (Å²) in [6, 6.07) is 13.4. The molecule has 0 saturated carbocycles. The van der Waals surface area contributed by atoms with E-state index in [0.29, 0.717) is 11.4 Å². The van der Waals surface area contributed by atoms with Crippen LogP contribution in [0.4, 0.5) is 10.9 Å². The lowest BCUT2D eigenvalue weighted by atomic mass is 10.1. The van der Waals surface area contributed by atoms with Crippen LogP contribution < -0.4 is 5.32 Å². The first-order valence-electron chi connectivity index (χ1n) is 8.22. The third kappa shape index (κ3) is 5.10. The highest BCUT2D eigenvalue weighted by atomic mass is 79.9. The molecule has 0 fully saturated rings. The molecule has 1 aromatic carbocycles. The number of aromatic nitrogens is 2. The number of carbonyl (C=O) groups is 1. The quantitative estimate of drug-likeness (QED) is 0.396. The predicted octanol–water partition coefficient (Wildman–Crippen LogP) is 5.10. The number of halogens is 1. The minimum absolute atomic E-state index is 0.0587. The number of amides is 1. The van der Waals surface area contributed by atoms with Gasteiger partial charge in [0, 0.05) is 17.5 Å². The number of benzene rings is 1. The van der Waals surface area contributed by atoms with Gasteiger partial charge in [-0.25, -0.2) is 9.97 Å². The number of hydrogen-bond donors (Lipinski definition) is 1. The fraction of sp³-hybridized carbons (Fsp3) is 0.158. The molecule has 0 unspecified atom stereocenters. The highest BCUT2D eigenvalue weighted by Gasteiger charge is 2.15. The van der Waals surface area contributed by atoms with Gasteiger partial charge in [0.05, 0.1) is 16.5 Å². The zero-order valence-corrected chi connectivity index (χ0v) is 18.4. The molecule has 0 atom stereocenters. The summed E-state index contributed by atoms with van der Waals surface area (Å²) in [4.78, 5) is 23.6. The molecule has 142 valence electrons. The average Bonchev–Trinajstić information content (AvgIpc) is 3.09. The van der Waals surface area contributed by atoms with Crippen LogP contribution >= 0.6 is 39.0 Å². The number of hydrogen-bond acceptors (Lipinski definition) is 7. The van der Waals surface area contributed by atoms with Crippen molar-refractivity contribution < 1.29 is 4.79 Å². The lowest BCUT2D eigenvalue weighted by molar-refractivity contribution is 0.0811. The lowest BCUT2D eigenvalue weighted by Crippen LogP contribution is -2.27. The SMILES string of the molecule is Cc1ccc(Sc2cnc(Nc3cccc(Br)n3)s2)cc1C(=O)N(C)CC#N. The van der Waals surface area contributed by atoms with E-state index >= 15 is 0 Å². The second-order valence-corrected chi connectivity index (χ2v) is 9.07. The van der Waals surface area contributed by atoms with Crippen molar-refractivity contribution in [3.63, 3.8) is 0 Å². The highest BCUT2D eigenvalue weighted by Crippen LogP contribution is 2.35. The Morgan fingerprint density at radius 1 is 1.39 bits per heavy atom. The van der Waals surface area contributed by atoms with E-state index in [1.807, 2.05) is 49.4 Å². The summed E-state index contributed by atoms with van der Waals surface area (Å²) in [5.74, 6) is 0.554. The molecule has 1 N–H and O–H groups in total. The number of nitrogens with zero attached hydrogens (tertiary/aromatic N) is 4. The van der Waals surface area contributed by atoms with Crippen molar-refractivity contribution in [2.45, 2.75) is 16.0 Å². The van der Waals surface area contributed by atoms with E-state index in [1.54, 1.807) is 13.2 Å². The normalized spacial score (nSPS) is 10.4. The maximum atomic E-state index is 12.5. The van der Waals surface area contributed by atoms with Crippen molar-refractivity contribution in [3.05, 3.63) is 58.3 Å². The molecular weight excluding hydrogens is 458 g/mol. The first kappa shape index (κ1) is 20.3. The molecule has 0 aliphatic heterocycles. The van der Waals surface area contributed by atoms with Gasteiger partial charge in [-0.15, -0.1) is 0 Å². The Morgan fingerprint density at radius 3 is 2.96 bits per heavy atom. The number of nitrogens with one attached hydrogen (secondary N) is 1. The van der Waals surface area contributed by atoms with E-state index in [1.165, 1.54) is 28.0 Å². The van der Waals surface area contributed by atoms with Gasteiger partial charge in [0.1, 0.15) is 17.0 Å². The van der Waals surface area contributed by atoms with Crippen molar-refractivity contribution in [1.82, 2.24) is 14.9 Å². The Bertz CT molecular complexity index is 1050. The van der Waals surface area contributed by atoms with Crippen molar-refractivity contribution in [3.8, 4) is 6.07 Å². The van der Waals surface area contributed by atoms with Gasteiger partial charge in [-0.05, 0) is 52.7 Å². The smallest absolute Gasteiger partial charge is 0.254 e. The number of pyridine rings is 1. The largest absolute Gasteiger partial charge is 0.328 e. The molecule has 2 aromatic heterocycles. The number of aryl methyl sites for hydroxylation is 1. The fourth-order valence-corrected chi connectivity index (χ4v) is 4.59. The molecule has 3 aromatic rings. The Morgan fingerprint density at radius 2 is 2.21 bits per heavy atom. The molecule has 1 amide bonds. The zero-order chi connectivity index (χ0) is 20.1. The molecular formula is C19H16BrN5OS2. The van der Waals surface area contributed by atoms with E-state index in [0.717, 1.165) is 24.4 Å². The number of thiazole rings is 1. The van der Waals surface area contributed by atoms with Crippen LogP contribution in [0.5, 0.6) is 0 Å². The molecule has 0 saturated heterocycles. The van der Waals surface area contributed by atoms with Crippen LogP contribution in [-0.2, 0) is 0 Å². The van der Waals surface area contributed by atoms with Crippen LogP contribution in [0, 0.1) is 18.3 Å². The molecule has 0 bridgehead atoms. The minimum Gasteiger partial charge on any atom is -0.328 e. The van der Waals surface area contributed by atoms with Crippen LogP contribution in [0.25, 0.3) is 0 Å². The summed E-state index contributed by atoms with van der Waals surface area (Å²) in [6.07, 6.45) is 1.79. The number of anilines is 2. The summed E-state index contributed by atoms with van der Waals surface area (Å²) in [5.41, 5.74) is 1.48. The molecule has 0 aliphatic rings. The highest BCUT2D eigenvalue weighted by molar-refractivity contribution is 9.10. The standard InChI is InChI=1S/C19H16BrN5OS2/c1-12-6-7-13(10-14(12)18(26)25(2)9-8-21)27-17-11-22-19(28-17)24-16-5-3-4-15(20)23-16/h3-7,10-11H,9H2,1-2H3,(H,22,23,24). The van der Waals surface area contributed by atoms with Crippen LogP contribution in [0.15, 0.2) is 56.3 Å². The number of nitriles is 1. The van der Waals surface area contributed by atoms with Crippen LogP contribution in [0.1, 0.15) is 15.9 Å². The van der Waals surface area contributed by atoms with Gasteiger partial charge >= 0.3 is 0 Å². The minimum atomic E-state index is -0.158. The molecule has 0 radical (unpaired) electrons. The van der Waals surface area contributed by atoms with Gasteiger partial charge in [0.2, 0.25) is 0 Å². The fourth-order valence-electron chi connectivity index (χ4n) is 2.35. The number of carbonyl (C=O) groups excluding carboxylic acids is 1. The van der Waals surface area contributed by atoms with Gasteiger partial charge in [-0.2, -0.15) is 5.26 Å². The third-order valence-corrected chi connectivity index (χ3v) is 6.19. The van der Waals surface area contributed by atoms with E-state index < -0.39 is 0 Å². The Balaban J connectivity index is 1.74. The van der Waals surface area contributed by atoms with Crippen LogP contribution in [0.2, 0.25) is 0 Å². The summed E-state index contributed by atoms with van der Waals surface area (Å²) in [7, 11) is 1.63. The second-order valence-electron chi connectivity index (χ2n) is 5.85. The predicted molar refractivity (Wildman–Crippen MR) is 115 cm³/mol. The maximum Gasteiger partial charge on any atom is 0.254 e. The maximum absolute atomic E-state index is 12.5. The van der Waals surface area contributed by atoms with Crippen molar-refractivity contribution in [2.75, 3.05) is 18.9 Å². The monoisotopic (exact) mass is 473 g/mol. The molecule has 9 heteroatoms. The van der Waals surface area contributed by atoms with E-state index in [-0.39, 0.29) is 12.5 Å². The van der Waals surface area contributed by atoms with Crippen molar-refractivity contribution in [2.24, 2.45) is 0 Å². The molecule has 3 rings (SSSR count). The van der Waals surface area contributed by atoms with Crippen LogP contribution in [-0.4, -0.2) is 34.4 Å². The van der Waals surface area contributed by atoms with E-state index in [4.69, 9.17) is 5.26 Å². The van der Waals surface area contributed by atoms with Crippen molar-refractivity contribution >= 4 is 55.9 Å². The Labute approximate surface area is 179 Å². The first-order valence-corrected chi connectivity index (χ1v) is 10.6. The molecule has 6 nitrogen and oxygen atoms in total. The van der Waals surface area contributed by atoms with E-state index in [9.17, 15) is 4.79 Å². The molecule has 0 aliphatic carbocycles. The second kappa shape index (κ2) is 9.19. The Hall–Kier alpha value is -2.41. The lowest BCUT2D eigenvalue weighted by Gasteiger charge is -2.15. The summed E-state index contributed by atoms with van der Waals surface area (Å²) in [6.45, 7) is 1.95. The molecule has 28 heavy (non-hydrogen) atoms. The van der Waals surface area contributed by atoms with E-state index in [2.05, 4.69) is 31.2 Å². The number of rotatable bonds is 6. The van der Waals surface area contributed by atoms with Gasteiger partial charge in [-0.1, -0.05) is 35.2 Å². The third-order valence-electron chi connectivity index (χ3n) is 3.75. The molecule has 2 heterocycles. The topological polar surface area (TPSA) is 81.9 Å². The van der Waals surface area contributed by atoms with Gasteiger partial charge < -0.3 is 10.2 Å². The Kier molecular flexibility index (Phi) is 6.67. The van der Waals surface area contributed by atoms with Gasteiger partial charge in [0.25, 0.3) is 5.91 Å². The summed E-state index contributed by atoms with van der Waals surface area (Å²) >= 11 is 6.39. The summed E-state index contributed by atoms with van der Waals surface area (Å²) in [5, 5.41) is 12.7. The van der Waals surface area contributed by atoms with Crippen LogP contribution in [0.3, 0.4) is 0 Å². The first-order chi connectivity index (χ1) is 13.5. The van der Waals surface area contributed by atoms with Gasteiger partial charge in [-0.3, -0.25) is 4.79 Å². The summed E-state index contributed by atoms with van der Waals surface area (Å²) < 4.78 is 1.74. The van der Waals surface area contributed by atoms with Gasteiger partial charge in [0.15, 0.2) is 5.13 Å².